The van der Waals surface area contributed by atoms with E-state index >= 15 is 0 Å². The average Bonchev–Trinajstić information content (AvgIpc) is 3.32. The zero-order valence-electron chi connectivity index (χ0n) is 21.3. The minimum atomic E-state index is -0.536. The molecule has 10 nitrogen and oxygen atoms in total. The van der Waals surface area contributed by atoms with Crippen molar-refractivity contribution in [2.24, 2.45) is 0 Å². The Morgan fingerprint density at radius 2 is 2.03 bits per heavy atom. The summed E-state index contributed by atoms with van der Waals surface area (Å²) in [5.74, 6) is 1.52. The molecule has 4 rings (SSSR count). The van der Waals surface area contributed by atoms with Gasteiger partial charge in [0, 0.05) is 24.5 Å². The number of anilines is 1. The van der Waals surface area contributed by atoms with Crippen LogP contribution in [0.1, 0.15) is 38.3 Å². The van der Waals surface area contributed by atoms with E-state index in [1.54, 1.807) is 33.5 Å². The number of allylic oxidation sites excluding steroid dienone is 1. The molecule has 2 aliphatic rings. The van der Waals surface area contributed by atoms with Crippen LogP contribution < -0.4 is 10.1 Å². The SMILES string of the molecule is C=CCOC(=O)C1=C(C)Nc2nc(SCCCC)nn2C1c1ccc(OCC(=O)N2CCOCC2)cc1. The van der Waals surface area contributed by atoms with Crippen molar-refractivity contribution in [3.63, 3.8) is 0 Å². The highest BCUT2D eigenvalue weighted by atomic mass is 32.2. The molecule has 37 heavy (non-hydrogen) atoms. The van der Waals surface area contributed by atoms with Gasteiger partial charge in [-0.1, -0.05) is 49.9 Å². The zero-order chi connectivity index (χ0) is 26.2. The van der Waals surface area contributed by atoms with Crippen molar-refractivity contribution in [1.29, 1.82) is 0 Å². The van der Waals surface area contributed by atoms with Crippen molar-refractivity contribution >= 4 is 29.6 Å². The number of hydrogen-bond donors (Lipinski definition) is 1. The minimum absolute atomic E-state index is 0.0452. The number of benzene rings is 1. The first kappa shape index (κ1) is 26.7. The fourth-order valence-corrected chi connectivity index (χ4v) is 4.99. The van der Waals surface area contributed by atoms with Crippen molar-refractivity contribution in [2.75, 3.05) is 50.6 Å². The van der Waals surface area contributed by atoms with Crippen molar-refractivity contribution in [3.8, 4) is 5.75 Å². The molecule has 1 amide bonds. The van der Waals surface area contributed by atoms with Crippen LogP contribution in [0.5, 0.6) is 5.75 Å². The van der Waals surface area contributed by atoms with E-state index in [-0.39, 0.29) is 19.1 Å². The van der Waals surface area contributed by atoms with E-state index in [4.69, 9.17) is 19.3 Å². The highest BCUT2D eigenvalue weighted by Gasteiger charge is 2.35. The Balaban J connectivity index is 1.55. The standard InChI is InChI=1S/C26H33N5O5S/c1-4-6-16-37-26-28-25-27-18(3)22(24(33)35-13-5-2)23(31(25)29-26)19-7-9-20(10-8-19)36-17-21(32)30-11-14-34-15-12-30/h5,7-10,23H,2,4,6,11-17H2,1,3H3,(H,27,28,29). The van der Waals surface area contributed by atoms with Gasteiger partial charge in [-0.3, -0.25) is 4.79 Å². The first-order chi connectivity index (χ1) is 18.0. The number of fused-ring (bicyclic) bond motifs is 1. The molecular formula is C26H33N5O5S. The lowest BCUT2D eigenvalue weighted by Gasteiger charge is -2.28. The fourth-order valence-electron chi connectivity index (χ4n) is 4.08. The van der Waals surface area contributed by atoms with Crippen LogP contribution in [0.15, 0.2) is 53.3 Å². The van der Waals surface area contributed by atoms with Crippen LogP contribution in [-0.2, 0) is 19.1 Å². The topological polar surface area (TPSA) is 108 Å². The molecule has 0 aliphatic carbocycles. The molecule has 11 heteroatoms. The van der Waals surface area contributed by atoms with Gasteiger partial charge in [0.25, 0.3) is 5.91 Å². The van der Waals surface area contributed by atoms with Crippen LogP contribution in [-0.4, -0.2) is 76.8 Å². The number of morpholine rings is 1. The van der Waals surface area contributed by atoms with Crippen LogP contribution in [0.3, 0.4) is 0 Å². The summed E-state index contributed by atoms with van der Waals surface area (Å²) in [6, 6.07) is 6.78. The lowest BCUT2D eigenvalue weighted by molar-refractivity contribution is -0.138. The van der Waals surface area contributed by atoms with E-state index in [9.17, 15) is 9.59 Å². The summed E-state index contributed by atoms with van der Waals surface area (Å²) < 4.78 is 18.2. The predicted octanol–water partition coefficient (Wildman–Crippen LogP) is 3.43. The number of thioether (sulfide) groups is 1. The molecule has 0 bridgehead atoms. The van der Waals surface area contributed by atoms with Crippen molar-refractivity contribution in [2.45, 2.75) is 37.9 Å². The molecule has 2 aromatic rings. The van der Waals surface area contributed by atoms with Crippen molar-refractivity contribution in [1.82, 2.24) is 19.7 Å². The van der Waals surface area contributed by atoms with Crippen LogP contribution in [0.25, 0.3) is 0 Å². The summed E-state index contributed by atoms with van der Waals surface area (Å²) in [6.07, 6.45) is 3.69. The maximum absolute atomic E-state index is 13.1. The second kappa shape index (κ2) is 12.8. The summed E-state index contributed by atoms with van der Waals surface area (Å²) in [5, 5.41) is 8.57. The third kappa shape index (κ3) is 6.53. The molecule has 3 heterocycles. The average molecular weight is 528 g/mol. The molecule has 1 aromatic heterocycles. The summed E-state index contributed by atoms with van der Waals surface area (Å²) in [7, 11) is 0. The first-order valence-electron chi connectivity index (χ1n) is 12.4. The number of nitrogens with one attached hydrogen (secondary N) is 1. The molecule has 2 aliphatic heterocycles. The molecule has 1 N–H and O–H groups in total. The monoisotopic (exact) mass is 527 g/mol. The number of carbonyl (C=O) groups is 2. The van der Waals surface area contributed by atoms with E-state index < -0.39 is 12.0 Å². The zero-order valence-corrected chi connectivity index (χ0v) is 22.1. The number of carbonyl (C=O) groups excluding carboxylic acids is 2. The predicted molar refractivity (Wildman–Crippen MR) is 141 cm³/mol. The Kier molecular flexibility index (Phi) is 9.24. The molecule has 1 aromatic carbocycles. The molecular weight excluding hydrogens is 494 g/mol. The second-order valence-electron chi connectivity index (χ2n) is 8.67. The lowest BCUT2D eigenvalue weighted by atomic mass is 9.96. The third-order valence-corrected chi connectivity index (χ3v) is 6.96. The van der Waals surface area contributed by atoms with Gasteiger partial charge in [0.1, 0.15) is 18.4 Å². The Bertz CT molecular complexity index is 1140. The Morgan fingerprint density at radius 1 is 1.27 bits per heavy atom. The number of hydrogen-bond acceptors (Lipinski definition) is 9. The molecule has 1 fully saturated rings. The number of unbranched alkanes of at least 4 members (excludes halogenated alkanes) is 1. The summed E-state index contributed by atoms with van der Waals surface area (Å²) >= 11 is 1.59. The molecule has 198 valence electrons. The number of amides is 1. The van der Waals surface area contributed by atoms with Crippen molar-refractivity contribution < 1.29 is 23.8 Å². The quantitative estimate of drug-likeness (QED) is 0.203. The number of ether oxygens (including phenoxy) is 3. The van der Waals surface area contributed by atoms with Gasteiger partial charge >= 0.3 is 5.97 Å². The smallest absolute Gasteiger partial charge is 0.338 e. The van der Waals surface area contributed by atoms with E-state index in [0.29, 0.717) is 54.4 Å². The summed E-state index contributed by atoms with van der Waals surface area (Å²) in [6.45, 7) is 9.91. The first-order valence-corrected chi connectivity index (χ1v) is 13.4. The molecule has 1 unspecified atom stereocenters. The fraction of sp³-hybridized carbons (Fsp3) is 0.462. The third-order valence-electron chi connectivity index (χ3n) is 6.04. The Hall–Kier alpha value is -3.31. The summed E-state index contributed by atoms with van der Waals surface area (Å²) in [5.41, 5.74) is 1.91. The van der Waals surface area contributed by atoms with Gasteiger partial charge in [-0.2, -0.15) is 4.98 Å². The van der Waals surface area contributed by atoms with Gasteiger partial charge in [-0.15, -0.1) is 5.10 Å². The van der Waals surface area contributed by atoms with Gasteiger partial charge in [0.05, 0.1) is 18.8 Å². The van der Waals surface area contributed by atoms with E-state index in [0.717, 1.165) is 24.2 Å². The molecule has 0 spiro atoms. The largest absolute Gasteiger partial charge is 0.484 e. The van der Waals surface area contributed by atoms with Crippen LogP contribution in [0, 0.1) is 0 Å². The maximum atomic E-state index is 13.1. The van der Waals surface area contributed by atoms with Gasteiger partial charge in [-0.05, 0) is 31.0 Å². The molecule has 1 atom stereocenters. The van der Waals surface area contributed by atoms with Crippen LogP contribution in [0.4, 0.5) is 5.95 Å². The van der Waals surface area contributed by atoms with E-state index in [2.05, 4.69) is 23.8 Å². The minimum Gasteiger partial charge on any atom is -0.484 e. The highest BCUT2D eigenvalue weighted by Crippen LogP contribution is 2.37. The van der Waals surface area contributed by atoms with Gasteiger partial charge < -0.3 is 24.4 Å². The van der Waals surface area contributed by atoms with Crippen LogP contribution >= 0.6 is 11.8 Å². The Morgan fingerprint density at radius 3 is 2.73 bits per heavy atom. The lowest BCUT2D eigenvalue weighted by Crippen LogP contribution is -2.42. The molecule has 1 saturated heterocycles. The van der Waals surface area contributed by atoms with Crippen molar-refractivity contribution in [3.05, 3.63) is 53.8 Å². The number of aromatic nitrogens is 3. The number of nitrogens with zero attached hydrogens (tertiary/aromatic N) is 4. The molecule has 0 saturated carbocycles. The van der Waals surface area contributed by atoms with Crippen LogP contribution in [0.2, 0.25) is 0 Å². The van der Waals surface area contributed by atoms with Gasteiger partial charge in [0.15, 0.2) is 6.61 Å². The van der Waals surface area contributed by atoms with E-state index in [1.807, 2.05) is 19.1 Å². The van der Waals surface area contributed by atoms with E-state index in [1.165, 1.54) is 6.08 Å². The number of rotatable bonds is 11. The molecule has 0 radical (unpaired) electrons. The van der Waals surface area contributed by atoms with Gasteiger partial charge in [-0.25, -0.2) is 9.48 Å². The van der Waals surface area contributed by atoms with Gasteiger partial charge in [0.2, 0.25) is 11.1 Å². The highest BCUT2D eigenvalue weighted by molar-refractivity contribution is 7.99. The Labute approximate surface area is 221 Å². The number of esters is 1. The normalized spacial score (nSPS) is 17.1. The summed E-state index contributed by atoms with van der Waals surface area (Å²) in [4.78, 5) is 31.9. The maximum Gasteiger partial charge on any atom is 0.338 e. The second-order valence-corrected chi connectivity index (χ2v) is 9.73.